The second-order valence-electron chi connectivity index (χ2n) is 10.8. The number of benzene rings is 3. The minimum Gasteiger partial charge on any atom is -0.490 e. The topological polar surface area (TPSA) is 75.4 Å². The van der Waals surface area contributed by atoms with Gasteiger partial charge < -0.3 is 23.9 Å². The summed E-state index contributed by atoms with van der Waals surface area (Å²) < 4.78 is 17.1. The number of aliphatic hydroxyl groups is 1. The molecule has 1 N–H and O–H groups in total. The van der Waals surface area contributed by atoms with E-state index < -0.39 is 6.10 Å². The average Bonchev–Trinajstić information content (AvgIpc) is 2.97. The Morgan fingerprint density at radius 3 is 2.51 bits per heavy atom. The Balaban J connectivity index is 1.04. The van der Waals surface area contributed by atoms with Gasteiger partial charge in [-0.05, 0) is 66.4 Å². The molecule has 2 fully saturated rings. The van der Waals surface area contributed by atoms with Crippen molar-refractivity contribution in [2.75, 3.05) is 52.5 Å². The predicted molar refractivity (Wildman–Crippen MR) is 152 cm³/mol. The highest BCUT2D eigenvalue weighted by Crippen LogP contribution is 2.30. The first-order valence-corrected chi connectivity index (χ1v) is 14.0. The summed E-state index contributed by atoms with van der Waals surface area (Å²) in [5, 5.41) is 14.1. The molecule has 3 heterocycles. The fourth-order valence-corrected chi connectivity index (χ4v) is 5.84. The second kappa shape index (κ2) is 11.9. The van der Waals surface area contributed by atoms with Crippen LogP contribution in [0.25, 0.3) is 21.7 Å². The smallest absolute Gasteiger partial charge is 0.340 e. The molecule has 7 heteroatoms. The zero-order chi connectivity index (χ0) is 26.6. The third-order valence-electron chi connectivity index (χ3n) is 8.04. The highest BCUT2D eigenvalue weighted by Gasteiger charge is 2.23. The molecule has 39 heavy (non-hydrogen) atoms. The lowest BCUT2D eigenvalue weighted by Crippen LogP contribution is -2.40. The fraction of sp³-hybridized carbons (Fsp3) is 0.406. The number of hydrogen-bond acceptors (Lipinski definition) is 7. The maximum absolute atomic E-state index is 12.6. The number of nitrogens with zero attached hydrogens (tertiary/aromatic N) is 2. The van der Waals surface area contributed by atoms with Crippen LogP contribution in [0.4, 0.5) is 0 Å². The Kier molecular flexibility index (Phi) is 7.93. The first kappa shape index (κ1) is 26.0. The van der Waals surface area contributed by atoms with Crippen LogP contribution >= 0.6 is 0 Å². The summed E-state index contributed by atoms with van der Waals surface area (Å²) in [4.78, 5) is 17.1. The molecule has 4 aromatic rings. The Bertz CT molecular complexity index is 1470. The van der Waals surface area contributed by atoms with Crippen molar-refractivity contribution in [3.63, 3.8) is 0 Å². The van der Waals surface area contributed by atoms with Gasteiger partial charge in [-0.1, -0.05) is 48.5 Å². The van der Waals surface area contributed by atoms with E-state index in [1.165, 1.54) is 16.3 Å². The van der Waals surface area contributed by atoms with Crippen molar-refractivity contribution in [2.24, 2.45) is 0 Å². The van der Waals surface area contributed by atoms with Crippen molar-refractivity contribution in [3.05, 3.63) is 88.3 Å². The summed E-state index contributed by atoms with van der Waals surface area (Å²) in [5.41, 5.74) is 2.19. The van der Waals surface area contributed by atoms with Gasteiger partial charge in [0.25, 0.3) is 0 Å². The van der Waals surface area contributed by atoms with E-state index in [-0.39, 0.29) is 12.2 Å². The summed E-state index contributed by atoms with van der Waals surface area (Å²) in [7, 11) is 0. The summed E-state index contributed by atoms with van der Waals surface area (Å²) in [6.45, 7) is 6.13. The molecule has 204 valence electrons. The molecule has 0 amide bonds. The first-order chi connectivity index (χ1) is 19.1. The molecule has 6 rings (SSSR count). The van der Waals surface area contributed by atoms with Crippen LogP contribution in [0.5, 0.6) is 5.75 Å². The van der Waals surface area contributed by atoms with Crippen LogP contribution in [0.15, 0.2) is 75.9 Å². The molecule has 0 aliphatic carbocycles. The SMILES string of the molecule is O=c1oc2cccc(OC[C@@H](O)CN3CCC(c4ccc5ccccc5c4)CC3)c2cc1CN1CCOCC1. The third kappa shape index (κ3) is 6.17. The highest BCUT2D eigenvalue weighted by atomic mass is 16.5. The van der Waals surface area contributed by atoms with E-state index in [9.17, 15) is 9.90 Å². The summed E-state index contributed by atoms with van der Waals surface area (Å²) >= 11 is 0. The van der Waals surface area contributed by atoms with Crippen LogP contribution in [0.3, 0.4) is 0 Å². The van der Waals surface area contributed by atoms with Crippen molar-refractivity contribution < 1.29 is 19.0 Å². The lowest BCUT2D eigenvalue weighted by atomic mass is 9.88. The molecule has 0 bridgehead atoms. The lowest BCUT2D eigenvalue weighted by Gasteiger charge is -2.33. The number of fused-ring (bicyclic) bond motifs is 2. The van der Waals surface area contributed by atoms with Crippen molar-refractivity contribution in [1.82, 2.24) is 9.80 Å². The molecule has 0 saturated carbocycles. The van der Waals surface area contributed by atoms with Crippen LogP contribution in [-0.2, 0) is 11.3 Å². The molecule has 2 aliphatic rings. The minimum absolute atomic E-state index is 0.182. The van der Waals surface area contributed by atoms with Gasteiger partial charge in [0.1, 0.15) is 24.0 Å². The number of rotatable bonds is 8. The van der Waals surface area contributed by atoms with Crippen molar-refractivity contribution >= 4 is 21.7 Å². The van der Waals surface area contributed by atoms with Crippen LogP contribution in [0, 0.1) is 0 Å². The van der Waals surface area contributed by atoms with E-state index in [0.29, 0.717) is 49.1 Å². The van der Waals surface area contributed by atoms with Crippen LogP contribution in [0.2, 0.25) is 0 Å². The molecule has 0 radical (unpaired) electrons. The maximum Gasteiger partial charge on any atom is 0.340 e. The lowest BCUT2D eigenvalue weighted by molar-refractivity contribution is 0.0338. The molecular formula is C32H36N2O5. The van der Waals surface area contributed by atoms with Crippen molar-refractivity contribution in [3.8, 4) is 5.75 Å². The molecule has 2 saturated heterocycles. The van der Waals surface area contributed by atoms with Gasteiger partial charge in [-0.2, -0.15) is 0 Å². The minimum atomic E-state index is -0.610. The zero-order valence-corrected chi connectivity index (χ0v) is 22.3. The second-order valence-corrected chi connectivity index (χ2v) is 10.8. The number of morpholine rings is 1. The van der Waals surface area contributed by atoms with E-state index >= 15 is 0 Å². The molecule has 0 unspecified atom stereocenters. The Morgan fingerprint density at radius 1 is 0.897 bits per heavy atom. The van der Waals surface area contributed by atoms with E-state index in [4.69, 9.17) is 13.9 Å². The Labute approximate surface area is 228 Å². The molecule has 1 aromatic heterocycles. The molecule has 7 nitrogen and oxygen atoms in total. The molecule has 1 atom stereocenters. The van der Waals surface area contributed by atoms with Crippen molar-refractivity contribution in [2.45, 2.75) is 31.4 Å². The standard InChI is InChI=1S/C32H36N2O5/c35-28(21-33-12-10-24(11-13-33)26-9-8-23-4-1-2-5-25(23)18-26)22-38-30-6-3-7-31-29(30)19-27(32(36)39-31)20-34-14-16-37-17-15-34/h1-9,18-19,24,28,35H,10-17,20-22H2/t28-/m0/s1. The van der Waals surface area contributed by atoms with Gasteiger partial charge in [-0.25, -0.2) is 4.79 Å². The van der Waals surface area contributed by atoms with E-state index in [1.54, 1.807) is 6.07 Å². The molecule has 0 spiro atoms. The Hall–Kier alpha value is -3.23. The van der Waals surface area contributed by atoms with Crippen molar-refractivity contribution in [1.29, 1.82) is 0 Å². The predicted octanol–water partition coefficient (Wildman–Crippen LogP) is 4.40. The first-order valence-electron chi connectivity index (χ1n) is 14.0. The summed E-state index contributed by atoms with van der Waals surface area (Å²) in [6.07, 6.45) is 1.56. The number of β-amino-alcohol motifs (C(OH)–C–C–N with tert-alkyl or cyclic N) is 1. The highest BCUT2D eigenvalue weighted by molar-refractivity contribution is 5.84. The Morgan fingerprint density at radius 2 is 1.69 bits per heavy atom. The van der Waals surface area contributed by atoms with Gasteiger partial charge in [-0.15, -0.1) is 0 Å². The van der Waals surface area contributed by atoms with Crippen LogP contribution < -0.4 is 10.4 Å². The number of aliphatic hydroxyl groups excluding tert-OH is 1. The van der Waals surface area contributed by atoms with Gasteiger partial charge in [-0.3, -0.25) is 4.90 Å². The quantitative estimate of drug-likeness (QED) is 0.340. The monoisotopic (exact) mass is 528 g/mol. The van der Waals surface area contributed by atoms with Gasteiger partial charge in [0.05, 0.1) is 24.2 Å². The van der Waals surface area contributed by atoms with Gasteiger partial charge in [0.2, 0.25) is 0 Å². The zero-order valence-electron chi connectivity index (χ0n) is 22.3. The third-order valence-corrected chi connectivity index (χ3v) is 8.04. The average molecular weight is 529 g/mol. The van der Waals surface area contributed by atoms with Crippen LogP contribution in [0.1, 0.15) is 29.9 Å². The van der Waals surface area contributed by atoms with E-state index in [2.05, 4.69) is 52.3 Å². The van der Waals surface area contributed by atoms with E-state index in [0.717, 1.165) is 44.4 Å². The van der Waals surface area contributed by atoms with Gasteiger partial charge >= 0.3 is 5.63 Å². The van der Waals surface area contributed by atoms with Gasteiger partial charge in [0, 0.05) is 26.2 Å². The largest absolute Gasteiger partial charge is 0.490 e. The molecular weight excluding hydrogens is 492 g/mol. The number of hydrogen-bond donors (Lipinski definition) is 1. The molecule has 3 aromatic carbocycles. The molecule has 2 aliphatic heterocycles. The number of ether oxygens (including phenoxy) is 2. The normalized spacial score (nSPS) is 18.5. The van der Waals surface area contributed by atoms with Gasteiger partial charge in [0.15, 0.2) is 0 Å². The fourth-order valence-electron chi connectivity index (χ4n) is 5.84. The van der Waals surface area contributed by atoms with E-state index in [1.807, 2.05) is 18.2 Å². The van der Waals surface area contributed by atoms with Crippen LogP contribution in [-0.4, -0.2) is 73.6 Å². The number of piperidine rings is 1. The summed E-state index contributed by atoms with van der Waals surface area (Å²) in [6, 6.07) is 22.7. The summed E-state index contributed by atoms with van der Waals surface area (Å²) in [5.74, 6) is 1.17. The maximum atomic E-state index is 12.6. The number of likely N-dealkylation sites (tertiary alicyclic amines) is 1.